The number of rotatable bonds is 6. The second-order valence-corrected chi connectivity index (χ2v) is 5.70. The van der Waals surface area contributed by atoms with Gasteiger partial charge in [0.1, 0.15) is 5.92 Å². The Morgan fingerprint density at radius 1 is 1.20 bits per heavy atom. The number of ether oxygens (including phenoxy) is 4. The Morgan fingerprint density at radius 3 is 2.28 bits per heavy atom. The minimum Gasteiger partial charge on any atom is -0.493 e. The van der Waals surface area contributed by atoms with Crippen molar-refractivity contribution in [2.75, 3.05) is 27.9 Å². The fourth-order valence-electron chi connectivity index (χ4n) is 2.75. The van der Waals surface area contributed by atoms with E-state index in [1.807, 2.05) is 0 Å². The molecule has 1 aromatic carbocycles. The maximum Gasteiger partial charge on any atom is 0.317 e. The smallest absolute Gasteiger partial charge is 0.317 e. The quantitative estimate of drug-likeness (QED) is 0.584. The molecule has 2 N–H and O–H groups in total. The predicted octanol–water partition coefficient (Wildman–Crippen LogP) is 1.92. The van der Waals surface area contributed by atoms with Gasteiger partial charge in [-0.3, -0.25) is 4.79 Å². The zero-order valence-corrected chi connectivity index (χ0v) is 15.5. The molecule has 0 aromatic heterocycles. The van der Waals surface area contributed by atoms with Gasteiger partial charge >= 0.3 is 5.97 Å². The topological polar surface area (TPSA) is 78.0 Å². The van der Waals surface area contributed by atoms with Crippen molar-refractivity contribution in [3.8, 4) is 17.2 Å². The van der Waals surface area contributed by atoms with E-state index in [4.69, 9.17) is 31.2 Å². The molecule has 0 radical (unpaired) electrons. The third-order valence-corrected chi connectivity index (χ3v) is 4.08. The van der Waals surface area contributed by atoms with Crippen LogP contribution in [0.25, 0.3) is 0 Å². The van der Waals surface area contributed by atoms with Crippen LogP contribution in [0.4, 0.5) is 0 Å². The van der Waals surface area contributed by atoms with Gasteiger partial charge in [0.25, 0.3) is 0 Å². The Labute approximate surface area is 152 Å². The van der Waals surface area contributed by atoms with Crippen molar-refractivity contribution >= 4 is 23.3 Å². The molecule has 1 heterocycles. The first-order chi connectivity index (χ1) is 12.0. The maximum absolute atomic E-state index is 12.4. The number of thiocarbonyl (C=S) groups is 1. The summed E-state index contributed by atoms with van der Waals surface area (Å²) < 4.78 is 21.3. The van der Waals surface area contributed by atoms with E-state index in [1.54, 1.807) is 19.1 Å². The summed E-state index contributed by atoms with van der Waals surface area (Å²) in [5.74, 6) is 0.382. The minimum atomic E-state index is -0.658. The van der Waals surface area contributed by atoms with Gasteiger partial charge in [-0.05, 0) is 36.8 Å². The van der Waals surface area contributed by atoms with Crippen LogP contribution in [0, 0.1) is 5.92 Å². The van der Waals surface area contributed by atoms with Crippen molar-refractivity contribution in [1.29, 1.82) is 0 Å². The summed E-state index contributed by atoms with van der Waals surface area (Å²) in [6.07, 6.45) is 0. The third kappa shape index (κ3) is 3.79. The van der Waals surface area contributed by atoms with Crippen LogP contribution < -0.4 is 24.8 Å². The molecule has 2 atom stereocenters. The molecule has 0 bridgehead atoms. The van der Waals surface area contributed by atoms with E-state index in [2.05, 4.69) is 17.2 Å². The van der Waals surface area contributed by atoms with Gasteiger partial charge in [0, 0.05) is 5.70 Å². The molecule has 2 unspecified atom stereocenters. The van der Waals surface area contributed by atoms with Crippen molar-refractivity contribution in [3.63, 3.8) is 0 Å². The number of nitrogens with one attached hydrogen (secondary N) is 2. The van der Waals surface area contributed by atoms with Crippen LogP contribution in [-0.4, -0.2) is 39.0 Å². The molecule has 2 rings (SSSR count). The molecular formula is C17H22N2O5S. The highest BCUT2D eigenvalue weighted by Gasteiger charge is 2.38. The summed E-state index contributed by atoms with van der Waals surface area (Å²) in [6, 6.07) is 3.06. The highest BCUT2D eigenvalue weighted by molar-refractivity contribution is 7.80. The first-order valence-corrected chi connectivity index (χ1v) is 8.10. The minimum absolute atomic E-state index is 0.273. The van der Waals surface area contributed by atoms with E-state index in [0.717, 1.165) is 5.56 Å². The summed E-state index contributed by atoms with van der Waals surface area (Å²) in [5.41, 5.74) is 1.21. The highest BCUT2D eigenvalue weighted by Crippen LogP contribution is 2.42. The molecule has 8 heteroatoms. The second-order valence-electron chi connectivity index (χ2n) is 5.29. The van der Waals surface area contributed by atoms with Crippen LogP contribution in [0.5, 0.6) is 17.2 Å². The van der Waals surface area contributed by atoms with E-state index >= 15 is 0 Å². The molecular weight excluding hydrogens is 344 g/mol. The first-order valence-electron chi connectivity index (χ1n) is 7.69. The molecule has 0 spiro atoms. The monoisotopic (exact) mass is 366 g/mol. The van der Waals surface area contributed by atoms with Crippen LogP contribution in [-0.2, 0) is 9.53 Å². The largest absolute Gasteiger partial charge is 0.493 e. The van der Waals surface area contributed by atoms with Crippen LogP contribution in [0.15, 0.2) is 24.4 Å². The molecule has 7 nitrogen and oxygen atoms in total. The van der Waals surface area contributed by atoms with E-state index in [0.29, 0.717) is 28.1 Å². The highest BCUT2D eigenvalue weighted by atomic mass is 32.1. The van der Waals surface area contributed by atoms with Crippen LogP contribution in [0.1, 0.15) is 18.5 Å². The van der Waals surface area contributed by atoms with Gasteiger partial charge in [0.15, 0.2) is 16.6 Å². The van der Waals surface area contributed by atoms with Gasteiger partial charge in [0.2, 0.25) is 5.75 Å². The van der Waals surface area contributed by atoms with Gasteiger partial charge in [-0.2, -0.15) is 0 Å². The number of benzene rings is 1. The number of esters is 1. The van der Waals surface area contributed by atoms with E-state index in [9.17, 15) is 4.79 Å². The number of carbonyl (C=O) groups is 1. The molecule has 0 amide bonds. The van der Waals surface area contributed by atoms with Gasteiger partial charge in [-0.25, -0.2) is 0 Å². The Hall–Kier alpha value is -2.48. The lowest BCUT2D eigenvalue weighted by Crippen LogP contribution is -2.51. The molecule has 1 fully saturated rings. The normalized spacial score (nSPS) is 19.5. The Balaban J connectivity index is 2.53. The van der Waals surface area contributed by atoms with Gasteiger partial charge < -0.3 is 29.6 Å². The Morgan fingerprint density at radius 2 is 1.80 bits per heavy atom. The lowest BCUT2D eigenvalue weighted by Gasteiger charge is -2.35. The van der Waals surface area contributed by atoms with Crippen LogP contribution in [0.3, 0.4) is 0 Å². The molecule has 136 valence electrons. The fourth-order valence-corrected chi connectivity index (χ4v) is 3.01. The Bertz CT molecular complexity index is 667. The van der Waals surface area contributed by atoms with Crippen LogP contribution in [0.2, 0.25) is 0 Å². The number of hydrogen-bond acceptors (Lipinski definition) is 6. The van der Waals surface area contributed by atoms with Gasteiger partial charge in [-0.15, -0.1) is 0 Å². The van der Waals surface area contributed by atoms with Gasteiger partial charge in [0.05, 0.1) is 34.0 Å². The van der Waals surface area contributed by atoms with Gasteiger partial charge in [-0.1, -0.05) is 6.58 Å². The SMILES string of the molecule is C=C1NC(=S)NC(c2cc(OC)c(OC)c(OC)c2)C1C(=O)OCC. The second kappa shape index (κ2) is 8.06. The average Bonchev–Trinajstić information content (AvgIpc) is 2.59. The van der Waals surface area contributed by atoms with Crippen LogP contribution >= 0.6 is 12.2 Å². The molecule has 0 saturated carbocycles. The fraction of sp³-hybridized carbons (Fsp3) is 0.412. The number of carbonyl (C=O) groups excluding carboxylic acids is 1. The molecule has 25 heavy (non-hydrogen) atoms. The predicted molar refractivity (Wildman–Crippen MR) is 97.0 cm³/mol. The standard InChI is InChI=1S/C17H22N2O5S/c1-6-24-16(20)13-9(2)18-17(25)19-14(13)10-7-11(21-3)15(23-5)12(8-10)22-4/h7-8,13-14H,2,6H2,1,3-5H3,(H2,18,19,25). The van der Waals surface area contributed by atoms with Crippen molar-refractivity contribution in [2.45, 2.75) is 13.0 Å². The summed E-state index contributed by atoms with van der Waals surface area (Å²) in [5, 5.41) is 6.36. The van der Waals surface area contributed by atoms with Crippen molar-refractivity contribution in [1.82, 2.24) is 10.6 Å². The molecule has 1 saturated heterocycles. The summed E-state index contributed by atoms with van der Waals surface area (Å²) in [6.45, 7) is 5.94. The average molecular weight is 366 g/mol. The van der Waals surface area contributed by atoms with E-state index in [-0.39, 0.29) is 6.61 Å². The first kappa shape index (κ1) is 18.9. The molecule has 1 aliphatic rings. The zero-order chi connectivity index (χ0) is 18.6. The maximum atomic E-state index is 12.4. The summed E-state index contributed by atoms with van der Waals surface area (Å²) in [7, 11) is 4.59. The Kier molecular flexibility index (Phi) is 6.08. The van der Waals surface area contributed by atoms with Crippen molar-refractivity contribution in [2.24, 2.45) is 5.92 Å². The molecule has 1 aliphatic heterocycles. The zero-order valence-electron chi connectivity index (χ0n) is 14.7. The van der Waals surface area contributed by atoms with E-state index < -0.39 is 17.9 Å². The summed E-state index contributed by atoms with van der Waals surface area (Å²) >= 11 is 5.21. The molecule has 0 aliphatic carbocycles. The van der Waals surface area contributed by atoms with E-state index in [1.165, 1.54) is 21.3 Å². The summed E-state index contributed by atoms with van der Waals surface area (Å²) in [4.78, 5) is 12.4. The van der Waals surface area contributed by atoms with Crippen molar-refractivity contribution in [3.05, 3.63) is 30.0 Å². The lowest BCUT2D eigenvalue weighted by atomic mass is 9.88. The molecule has 1 aromatic rings. The third-order valence-electron chi connectivity index (χ3n) is 3.86. The lowest BCUT2D eigenvalue weighted by molar-refractivity contribution is -0.147. The number of methoxy groups -OCH3 is 3. The number of hydrogen-bond donors (Lipinski definition) is 2. The van der Waals surface area contributed by atoms with Crippen molar-refractivity contribution < 1.29 is 23.7 Å².